The van der Waals surface area contributed by atoms with Crippen molar-refractivity contribution < 1.29 is 33.4 Å². The first-order valence-corrected chi connectivity index (χ1v) is 9.39. The highest BCUT2D eigenvalue weighted by Gasteiger charge is 2.72. The minimum Gasteiger partial charge on any atom is -0.422 e. The number of carbonyl (C=O) groups excluding carboxylic acids is 4. The second-order valence-electron chi connectivity index (χ2n) is 7.29. The molecule has 4 atom stereocenters. The van der Waals surface area contributed by atoms with E-state index in [1.54, 1.807) is 24.3 Å². The molecule has 2 amide bonds. The van der Waals surface area contributed by atoms with Gasteiger partial charge < -0.3 is 14.2 Å². The molecule has 0 N–H and O–H groups in total. The summed E-state index contributed by atoms with van der Waals surface area (Å²) in [5, 5.41) is 0.421. The molecule has 0 aliphatic carbocycles. The number of amides is 2. The standard InChI is InChI=1S/C20H18ClNO7/c1-9-4-5-12(8-13(9)21)22-17(25)15-14-6-7-20(29-14,16(15)18(22)26)19(27-10(2)23)28-11(3)24/h4-8,14-16,19H,1-3H3/t14-,15-,16-,20-/m0/s1. The van der Waals surface area contributed by atoms with Gasteiger partial charge in [0, 0.05) is 18.9 Å². The Kier molecular flexibility index (Phi) is 4.51. The van der Waals surface area contributed by atoms with Crippen molar-refractivity contribution in [3.8, 4) is 0 Å². The van der Waals surface area contributed by atoms with Crippen molar-refractivity contribution in [1.29, 1.82) is 0 Å². The van der Waals surface area contributed by atoms with Crippen molar-refractivity contribution in [2.24, 2.45) is 11.8 Å². The second kappa shape index (κ2) is 6.67. The van der Waals surface area contributed by atoms with Gasteiger partial charge in [0.1, 0.15) is 0 Å². The Balaban J connectivity index is 1.75. The minimum atomic E-state index is -1.57. The van der Waals surface area contributed by atoms with Crippen molar-refractivity contribution in [3.05, 3.63) is 40.9 Å². The zero-order valence-corrected chi connectivity index (χ0v) is 16.6. The highest BCUT2D eigenvalue weighted by molar-refractivity contribution is 6.32. The molecule has 152 valence electrons. The van der Waals surface area contributed by atoms with E-state index in [-0.39, 0.29) is 0 Å². The number of hydrogen-bond acceptors (Lipinski definition) is 7. The molecule has 3 heterocycles. The molecular weight excluding hydrogens is 402 g/mol. The molecule has 0 saturated carbocycles. The molecule has 2 saturated heterocycles. The average molecular weight is 420 g/mol. The van der Waals surface area contributed by atoms with Crippen LogP contribution in [0.15, 0.2) is 30.4 Å². The average Bonchev–Trinajstić information content (AvgIpc) is 3.28. The molecule has 8 nitrogen and oxygen atoms in total. The summed E-state index contributed by atoms with van der Waals surface area (Å²) < 4.78 is 16.2. The maximum atomic E-state index is 13.3. The van der Waals surface area contributed by atoms with Gasteiger partial charge in [0.25, 0.3) is 6.29 Å². The highest BCUT2D eigenvalue weighted by atomic mass is 35.5. The fraction of sp³-hybridized carbons (Fsp3) is 0.400. The number of carbonyl (C=O) groups is 4. The van der Waals surface area contributed by atoms with Crippen LogP contribution in [0.25, 0.3) is 0 Å². The van der Waals surface area contributed by atoms with E-state index in [9.17, 15) is 19.2 Å². The molecule has 3 aliphatic rings. The maximum Gasteiger partial charge on any atom is 0.305 e. The van der Waals surface area contributed by atoms with Crippen molar-refractivity contribution in [2.75, 3.05) is 4.90 Å². The van der Waals surface area contributed by atoms with Crippen LogP contribution >= 0.6 is 11.6 Å². The normalized spacial score (nSPS) is 29.6. The van der Waals surface area contributed by atoms with Crippen LogP contribution in [0.1, 0.15) is 19.4 Å². The van der Waals surface area contributed by atoms with E-state index in [4.69, 9.17) is 25.8 Å². The van der Waals surface area contributed by atoms with E-state index in [0.717, 1.165) is 24.3 Å². The fourth-order valence-corrected chi connectivity index (χ4v) is 4.37. The SMILES string of the molecule is CC(=O)OC(OC(C)=O)[C@@]12C=C[C@H](O1)[C@@H]1C(=O)N(c3ccc(C)c(Cl)c3)C(=O)[C@H]12. The van der Waals surface area contributed by atoms with Gasteiger partial charge in [0.15, 0.2) is 5.60 Å². The number of hydrogen-bond donors (Lipinski definition) is 0. The lowest BCUT2D eigenvalue weighted by Gasteiger charge is -2.34. The molecular formula is C20H18ClNO7. The summed E-state index contributed by atoms with van der Waals surface area (Å²) in [6.45, 7) is 4.11. The minimum absolute atomic E-state index is 0.344. The van der Waals surface area contributed by atoms with E-state index in [2.05, 4.69) is 0 Å². The number of halogens is 1. The van der Waals surface area contributed by atoms with Crippen LogP contribution in [0.3, 0.4) is 0 Å². The van der Waals surface area contributed by atoms with Crippen LogP contribution in [0.2, 0.25) is 5.02 Å². The Morgan fingerprint density at radius 1 is 1.17 bits per heavy atom. The van der Waals surface area contributed by atoms with Gasteiger partial charge in [-0.1, -0.05) is 23.7 Å². The topological polar surface area (TPSA) is 99.2 Å². The first-order valence-electron chi connectivity index (χ1n) is 9.01. The van der Waals surface area contributed by atoms with E-state index >= 15 is 0 Å². The second-order valence-corrected chi connectivity index (χ2v) is 7.70. The van der Waals surface area contributed by atoms with E-state index in [1.807, 2.05) is 6.92 Å². The largest absolute Gasteiger partial charge is 0.422 e. The predicted molar refractivity (Wildman–Crippen MR) is 99.7 cm³/mol. The monoisotopic (exact) mass is 419 g/mol. The third kappa shape index (κ3) is 2.86. The Labute approximate surface area is 171 Å². The summed E-state index contributed by atoms with van der Waals surface area (Å²) in [7, 11) is 0. The van der Waals surface area contributed by atoms with Crippen molar-refractivity contribution in [3.63, 3.8) is 0 Å². The number of esters is 2. The van der Waals surface area contributed by atoms with Crippen LogP contribution in [0.5, 0.6) is 0 Å². The van der Waals surface area contributed by atoms with Crippen LogP contribution in [-0.4, -0.2) is 41.7 Å². The lowest BCUT2D eigenvalue weighted by Crippen LogP contribution is -2.52. The summed E-state index contributed by atoms with van der Waals surface area (Å²) in [5.41, 5.74) is -0.417. The molecule has 29 heavy (non-hydrogen) atoms. The molecule has 0 aromatic heterocycles. The van der Waals surface area contributed by atoms with Gasteiger partial charge in [-0.2, -0.15) is 0 Å². The molecule has 1 aromatic carbocycles. The van der Waals surface area contributed by atoms with Gasteiger partial charge in [-0.3, -0.25) is 19.2 Å². The number of fused-ring (bicyclic) bond motifs is 5. The van der Waals surface area contributed by atoms with Crippen LogP contribution in [0.4, 0.5) is 5.69 Å². The number of imide groups is 1. The molecule has 1 aromatic rings. The summed E-state index contributed by atoms with van der Waals surface area (Å²) in [5.74, 6) is -4.23. The summed E-state index contributed by atoms with van der Waals surface area (Å²) in [6, 6.07) is 4.90. The van der Waals surface area contributed by atoms with Gasteiger partial charge in [-0.05, 0) is 30.7 Å². The Morgan fingerprint density at radius 2 is 1.83 bits per heavy atom. The molecule has 9 heteroatoms. The molecule has 3 aliphatic heterocycles. The zero-order chi connectivity index (χ0) is 21.1. The van der Waals surface area contributed by atoms with E-state index in [0.29, 0.717) is 10.7 Å². The molecule has 2 fully saturated rings. The summed E-state index contributed by atoms with van der Waals surface area (Å²) >= 11 is 6.17. The summed E-state index contributed by atoms with van der Waals surface area (Å²) in [4.78, 5) is 50.7. The van der Waals surface area contributed by atoms with Crippen LogP contribution < -0.4 is 4.90 Å². The smallest absolute Gasteiger partial charge is 0.305 e. The predicted octanol–water partition coefficient (Wildman–Crippen LogP) is 1.91. The molecule has 0 radical (unpaired) electrons. The highest BCUT2D eigenvalue weighted by Crippen LogP contribution is 2.54. The van der Waals surface area contributed by atoms with E-state index in [1.165, 1.54) is 6.08 Å². The van der Waals surface area contributed by atoms with Crippen molar-refractivity contribution in [2.45, 2.75) is 38.8 Å². The van der Waals surface area contributed by atoms with E-state index < -0.39 is 53.6 Å². The van der Waals surface area contributed by atoms with Gasteiger partial charge >= 0.3 is 11.9 Å². The van der Waals surface area contributed by atoms with Crippen molar-refractivity contribution in [1.82, 2.24) is 0 Å². The van der Waals surface area contributed by atoms with Gasteiger partial charge in [0.05, 0.1) is 23.6 Å². The Hall–Kier alpha value is -2.71. The number of nitrogens with zero attached hydrogens (tertiary/aromatic N) is 1. The van der Waals surface area contributed by atoms with Gasteiger partial charge in [-0.15, -0.1) is 0 Å². The third-order valence-corrected chi connectivity index (χ3v) is 5.81. The molecule has 0 unspecified atom stereocenters. The third-order valence-electron chi connectivity index (χ3n) is 5.41. The first-order chi connectivity index (χ1) is 13.7. The fourth-order valence-electron chi connectivity index (χ4n) is 4.19. The maximum absolute atomic E-state index is 13.3. The number of anilines is 1. The molecule has 2 bridgehead atoms. The van der Waals surface area contributed by atoms with Crippen molar-refractivity contribution >= 4 is 41.0 Å². The summed E-state index contributed by atoms with van der Waals surface area (Å²) in [6.07, 6.45) is 0.965. The Morgan fingerprint density at radius 3 is 2.41 bits per heavy atom. The number of aryl methyl sites for hydroxylation is 1. The molecule has 0 spiro atoms. The van der Waals surface area contributed by atoms with Gasteiger partial charge in [0.2, 0.25) is 11.8 Å². The number of ether oxygens (including phenoxy) is 3. The lowest BCUT2D eigenvalue weighted by molar-refractivity contribution is -0.226. The zero-order valence-electron chi connectivity index (χ0n) is 15.9. The first kappa shape index (κ1) is 19.6. The molecule has 4 rings (SSSR count). The van der Waals surface area contributed by atoms with Crippen LogP contribution in [0, 0.1) is 18.8 Å². The lowest BCUT2D eigenvalue weighted by atomic mass is 9.76. The quantitative estimate of drug-likeness (QED) is 0.318. The van der Waals surface area contributed by atoms with Crippen LogP contribution in [-0.2, 0) is 33.4 Å². The number of rotatable bonds is 4. The Bertz CT molecular complexity index is 958. The van der Waals surface area contributed by atoms with Gasteiger partial charge in [-0.25, -0.2) is 4.90 Å². The number of benzene rings is 1.